The first-order chi connectivity index (χ1) is 13.8. The second kappa shape index (κ2) is 9.51. The molecule has 3 rings (SSSR count). The van der Waals surface area contributed by atoms with Gasteiger partial charge in [0.05, 0.1) is 35.9 Å². The van der Waals surface area contributed by atoms with Gasteiger partial charge in [0.1, 0.15) is 0 Å². The molecule has 1 aromatic heterocycles. The van der Waals surface area contributed by atoms with Crippen LogP contribution in [0.15, 0.2) is 30.3 Å². The van der Waals surface area contributed by atoms with E-state index < -0.39 is 9.84 Å². The number of amides is 1. The molecule has 0 aliphatic carbocycles. The van der Waals surface area contributed by atoms with Gasteiger partial charge >= 0.3 is 0 Å². The molecule has 2 aromatic rings. The van der Waals surface area contributed by atoms with Gasteiger partial charge in [-0.2, -0.15) is 16.9 Å². The Bertz CT molecular complexity index is 960. The molecule has 0 saturated carbocycles. The number of benzene rings is 1. The van der Waals surface area contributed by atoms with Gasteiger partial charge in [-0.15, -0.1) is 0 Å². The van der Waals surface area contributed by atoms with Gasteiger partial charge in [0.15, 0.2) is 15.5 Å². The Kier molecular flexibility index (Phi) is 7.26. The van der Waals surface area contributed by atoms with Gasteiger partial charge in [-0.25, -0.2) is 8.42 Å². The zero-order chi connectivity index (χ0) is 21.0. The highest BCUT2D eigenvalue weighted by Crippen LogP contribution is 2.30. The maximum Gasteiger partial charge on any atom is 0.272 e. The van der Waals surface area contributed by atoms with Crippen LogP contribution < -0.4 is 5.32 Å². The summed E-state index contributed by atoms with van der Waals surface area (Å²) in [6.07, 6.45) is 3.07. The Morgan fingerprint density at radius 1 is 1.41 bits per heavy atom. The van der Waals surface area contributed by atoms with Gasteiger partial charge in [0.25, 0.3) is 5.91 Å². The number of nitrogens with one attached hydrogen (secondary N) is 1. The Hall–Kier alpha value is -1.55. The van der Waals surface area contributed by atoms with Crippen LogP contribution in [0.3, 0.4) is 0 Å². The van der Waals surface area contributed by atoms with Crippen LogP contribution in [-0.2, 0) is 9.84 Å². The smallest absolute Gasteiger partial charge is 0.272 e. The average Bonchev–Trinajstić information content (AvgIpc) is 3.29. The normalized spacial score (nSPS) is 19.2. The summed E-state index contributed by atoms with van der Waals surface area (Å²) in [6, 6.07) is 8.09. The van der Waals surface area contributed by atoms with Crippen molar-refractivity contribution in [1.82, 2.24) is 15.1 Å². The molecule has 1 aromatic carbocycles. The van der Waals surface area contributed by atoms with Crippen molar-refractivity contribution in [1.29, 1.82) is 0 Å². The quantitative estimate of drug-likeness (QED) is 0.631. The maximum absolute atomic E-state index is 12.7. The Labute approximate surface area is 179 Å². The van der Waals surface area contributed by atoms with Crippen molar-refractivity contribution in [3.8, 4) is 11.3 Å². The van der Waals surface area contributed by atoms with Crippen LogP contribution in [0.1, 0.15) is 29.4 Å². The fraction of sp³-hybridized carbons (Fsp3) is 0.474. The Morgan fingerprint density at radius 3 is 2.72 bits per heavy atom. The van der Waals surface area contributed by atoms with Crippen molar-refractivity contribution in [2.45, 2.75) is 24.9 Å². The standard InChI is InChI=1S/C19H24ClN3O4S2/c1-28-8-6-15(11-24)21-19(25)17-10-18(13-2-4-14(20)5-3-13)23(22-17)16-7-9-29(26,27)12-16/h2-5,10,15-16,24H,6-9,11-12H2,1H3,(H,21,25)/t15-,16-/m0/s1. The molecule has 1 aliphatic rings. The minimum atomic E-state index is -3.11. The molecule has 0 radical (unpaired) electrons. The zero-order valence-electron chi connectivity index (χ0n) is 16.0. The number of carbonyl (C=O) groups excluding carboxylic acids is 1. The number of aliphatic hydroxyl groups excluding tert-OH is 1. The number of nitrogens with zero attached hydrogens (tertiary/aromatic N) is 2. The molecule has 1 amide bonds. The molecule has 0 unspecified atom stereocenters. The third-order valence-electron chi connectivity index (χ3n) is 4.89. The van der Waals surface area contributed by atoms with Crippen LogP contribution in [-0.4, -0.2) is 65.4 Å². The summed E-state index contributed by atoms with van der Waals surface area (Å²) in [5.74, 6) is 0.541. The Balaban J connectivity index is 1.91. The Morgan fingerprint density at radius 2 is 2.14 bits per heavy atom. The molecule has 1 aliphatic heterocycles. The predicted molar refractivity (Wildman–Crippen MR) is 116 cm³/mol. The van der Waals surface area contributed by atoms with E-state index >= 15 is 0 Å². The predicted octanol–water partition coefficient (Wildman–Crippen LogP) is 2.41. The molecular formula is C19H24ClN3O4S2. The summed E-state index contributed by atoms with van der Waals surface area (Å²) >= 11 is 7.62. The molecule has 7 nitrogen and oxygen atoms in total. The lowest BCUT2D eigenvalue weighted by Gasteiger charge is -2.15. The minimum absolute atomic E-state index is 0.00329. The molecular weight excluding hydrogens is 434 g/mol. The second-order valence-electron chi connectivity index (χ2n) is 7.06. The van der Waals surface area contributed by atoms with Gasteiger partial charge in [0.2, 0.25) is 0 Å². The number of sulfone groups is 1. The van der Waals surface area contributed by atoms with Gasteiger partial charge in [-0.1, -0.05) is 23.7 Å². The van der Waals surface area contributed by atoms with Gasteiger partial charge in [0, 0.05) is 5.02 Å². The number of aromatic nitrogens is 2. The topological polar surface area (TPSA) is 101 Å². The second-order valence-corrected chi connectivity index (χ2v) is 10.7. The highest BCUT2D eigenvalue weighted by Gasteiger charge is 2.32. The number of thioether (sulfide) groups is 1. The molecule has 0 spiro atoms. The van der Waals surface area contributed by atoms with E-state index in [2.05, 4.69) is 10.4 Å². The summed E-state index contributed by atoms with van der Waals surface area (Å²) in [4.78, 5) is 12.7. The molecule has 2 atom stereocenters. The monoisotopic (exact) mass is 457 g/mol. The van der Waals surface area contributed by atoms with E-state index in [9.17, 15) is 18.3 Å². The summed E-state index contributed by atoms with van der Waals surface area (Å²) in [6.45, 7) is -0.155. The first-order valence-corrected chi connectivity index (χ1v) is 12.9. The third kappa shape index (κ3) is 5.53. The van der Waals surface area contributed by atoms with E-state index in [0.717, 1.165) is 11.3 Å². The highest BCUT2D eigenvalue weighted by molar-refractivity contribution is 7.98. The fourth-order valence-electron chi connectivity index (χ4n) is 3.32. The van der Waals surface area contributed by atoms with Crippen LogP contribution in [0, 0.1) is 0 Å². The number of aliphatic hydroxyl groups is 1. The summed E-state index contributed by atoms with van der Waals surface area (Å²) in [5.41, 5.74) is 1.66. The van der Waals surface area contributed by atoms with E-state index in [1.54, 1.807) is 34.6 Å². The SMILES string of the molecule is CSCC[C@@H](CO)NC(=O)c1cc(-c2ccc(Cl)cc2)n([C@H]2CCS(=O)(=O)C2)n1. The maximum atomic E-state index is 12.7. The number of rotatable bonds is 8. The third-order valence-corrected chi connectivity index (χ3v) is 7.53. The van der Waals surface area contributed by atoms with Crippen LogP contribution in [0.5, 0.6) is 0 Å². The van der Waals surface area contributed by atoms with Crippen molar-refractivity contribution in [3.05, 3.63) is 41.0 Å². The van der Waals surface area contributed by atoms with E-state index in [4.69, 9.17) is 11.6 Å². The summed E-state index contributed by atoms with van der Waals surface area (Å²) in [7, 11) is -3.11. The average molecular weight is 458 g/mol. The number of hydrogen-bond donors (Lipinski definition) is 2. The van der Waals surface area contributed by atoms with E-state index in [-0.39, 0.29) is 41.8 Å². The van der Waals surface area contributed by atoms with Gasteiger partial charge in [-0.05, 0) is 48.6 Å². The minimum Gasteiger partial charge on any atom is -0.394 e. The molecule has 29 heavy (non-hydrogen) atoms. The first-order valence-electron chi connectivity index (χ1n) is 9.29. The summed E-state index contributed by atoms with van der Waals surface area (Å²) < 4.78 is 25.6. The summed E-state index contributed by atoms with van der Waals surface area (Å²) in [5, 5.41) is 17.4. The van der Waals surface area contributed by atoms with E-state index in [1.165, 1.54) is 0 Å². The van der Waals surface area contributed by atoms with Gasteiger partial charge < -0.3 is 10.4 Å². The van der Waals surface area contributed by atoms with E-state index in [0.29, 0.717) is 23.6 Å². The van der Waals surface area contributed by atoms with Crippen LogP contribution in [0.2, 0.25) is 5.02 Å². The molecule has 1 fully saturated rings. The lowest BCUT2D eigenvalue weighted by Crippen LogP contribution is -2.38. The highest BCUT2D eigenvalue weighted by atomic mass is 35.5. The number of halogens is 1. The lowest BCUT2D eigenvalue weighted by molar-refractivity contribution is 0.0909. The van der Waals surface area contributed by atoms with Crippen molar-refractivity contribution in [2.75, 3.05) is 30.1 Å². The molecule has 0 bridgehead atoms. The fourth-order valence-corrected chi connectivity index (χ4v) is 5.65. The largest absolute Gasteiger partial charge is 0.394 e. The van der Waals surface area contributed by atoms with Gasteiger partial charge in [-0.3, -0.25) is 9.48 Å². The number of carbonyl (C=O) groups is 1. The lowest BCUT2D eigenvalue weighted by atomic mass is 10.1. The van der Waals surface area contributed by atoms with Crippen LogP contribution in [0.25, 0.3) is 11.3 Å². The molecule has 158 valence electrons. The van der Waals surface area contributed by atoms with Crippen molar-refractivity contribution >= 4 is 39.1 Å². The molecule has 2 heterocycles. The van der Waals surface area contributed by atoms with Crippen LogP contribution >= 0.6 is 23.4 Å². The molecule has 1 saturated heterocycles. The number of hydrogen-bond acceptors (Lipinski definition) is 6. The zero-order valence-corrected chi connectivity index (χ0v) is 18.4. The van der Waals surface area contributed by atoms with Crippen LogP contribution in [0.4, 0.5) is 0 Å². The molecule has 10 heteroatoms. The van der Waals surface area contributed by atoms with E-state index in [1.807, 2.05) is 18.4 Å². The molecule has 2 N–H and O–H groups in total. The van der Waals surface area contributed by atoms with Crippen molar-refractivity contribution in [2.24, 2.45) is 0 Å². The first kappa shape index (κ1) is 22.1. The van der Waals surface area contributed by atoms with Crippen molar-refractivity contribution < 1.29 is 18.3 Å². The van der Waals surface area contributed by atoms with Crippen molar-refractivity contribution in [3.63, 3.8) is 0 Å².